The standard InChI is InChI=1S/C26H41NO3/c1-7-8-9-10-13-25(3,4)18-14-22(29)24-20-16-19(27-17(2)28)11-12-21(20)26(5,6)30-23(24)15-18/h14-15,19-21,29H,7-13,16H2,1-6H3,(H,27,28). The summed E-state index contributed by atoms with van der Waals surface area (Å²) >= 11 is 0. The molecule has 2 aliphatic rings. The molecule has 0 saturated heterocycles. The minimum Gasteiger partial charge on any atom is -0.508 e. The van der Waals surface area contributed by atoms with Crippen LogP contribution in [0.1, 0.15) is 110 Å². The molecule has 1 aromatic carbocycles. The Bertz CT molecular complexity index is 768. The van der Waals surface area contributed by atoms with Gasteiger partial charge in [-0.25, -0.2) is 0 Å². The molecule has 1 amide bonds. The van der Waals surface area contributed by atoms with Crippen LogP contribution in [-0.4, -0.2) is 22.7 Å². The second-order valence-corrected chi connectivity index (χ2v) is 10.7. The molecule has 1 saturated carbocycles. The molecule has 4 nitrogen and oxygen atoms in total. The van der Waals surface area contributed by atoms with E-state index in [-0.39, 0.29) is 28.9 Å². The van der Waals surface area contributed by atoms with Crippen molar-refractivity contribution in [3.05, 3.63) is 23.3 Å². The monoisotopic (exact) mass is 415 g/mol. The molecule has 2 N–H and O–H groups in total. The smallest absolute Gasteiger partial charge is 0.217 e. The van der Waals surface area contributed by atoms with Crippen LogP contribution in [-0.2, 0) is 10.2 Å². The van der Waals surface area contributed by atoms with E-state index in [1.165, 1.54) is 25.7 Å². The van der Waals surface area contributed by atoms with Gasteiger partial charge in [-0.15, -0.1) is 0 Å². The molecule has 1 aliphatic carbocycles. The Hall–Kier alpha value is -1.71. The summed E-state index contributed by atoms with van der Waals surface area (Å²) < 4.78 is 6.52. The van der Waals surface area contributed by atoms with E-state index < -0.39 is 0 Å². The van der Waals surface area contributed by atoms with Crippen molar-refractivity contribution >= 4 is 5.91 Å². The van der Waals surface area contributed by atoms with Crippen molar-refractivity contribution < 1.29 is 14.6 Å². The van der Waals surface area contributed by atoms with Crippen molar-refractivity contribution in [1.82, 2.24) is 5.32 Å². The molecule has 4 heteroatoms. The normalized spacial score (nSPS) is 25.1. The largest absolute Gasteiger partial charge is 0.508 e. The van der Waals surface area contributed by atoms with Gasteiger partial charge >= 0.3 is 0 Å². The number of aromatic hydroxyl groups is 1. The lowest BCUT2D eigenvalue weighted by Crippen LogP contribution is -2.50. The van der Waals surface area contributed by atoms with Crippen molar-refractivity contribution in [2.75, 3.05) is 0 Å². The first-order valence-corrected chi connectivity index (χ1v) is 11.9. The number of benzene rings is 1. The summed E-state index contributed by atoms with van der Waals surface area (Å²) in [6, 6.07) is 4.31. The van der Waals surface area contributed by atoms with Gasteiger partial charge in [0.25, 0.3) is 0 Å². The lowest BCUT2D eigenvalue weighted by Gasteiger charge is -2.49. The molecule has 1 aliphatic heterocycles. The fourth-order valence-electron chi connectivity index (χ4n) is 5.70. The van der Waals surface area contributed by atoms with E-state index in [9.17, 15) is 9.90 Å². The van der Waals surface area contributed by atoms with E-state index in [1.807, 2.05) is 6.07 Å². The molecule has 0 spiro atoms. The molecule has 0 bridgehead atoms. The predicted molar refractivity (Wildman–Crippen MR) is 122 cm³/mol. The van der Waals surface area contributed by atoms with Gasteiger partial charge in [0.15, 0.2) is 0 Å². The second-order valence-electron chi connectivity index (χ2n) is 10.7. The number of phenols is 1. The third-order valence-electron chi connectivity index (χ3n) is 7.45. The number of hydrogen-bond donors (Lipinski definition) is 2. The number of unbranched alkanes of at least 4 members (excludes halogenated alkanes) is 3. The predicted octanol–water partition coefficient (Wildman–Crippen LogP) is 6.20. The molecule has 1 fully saturated rings. The van der Waals surface area contributed by atoms with E-state index in [0.717, 1.165) is 42.6 Å². The van der Waals surface area contributed by atoms with Gasteiger partial charge in [-0.1, -0.05) is 46.5 Å². The average molecular weight is 416 g/mol. The van der Waals surface area contributed by atoms with Crippen molar-refractivity contribution in [1.29, 1.82) is 0 Å². The third-order valence-corrected chi connectivity index (χ3v) is 7.45. The number of rotatable bonds is 7. The summed E-state index contributed by atoms with van der Waals surface area (Å²) in [6.45, 7) is 12.7. The van der Waals surface area contributed by atoms with Crippen LogP contribution < -0.4 is 10.1 Å². The van der Waals surface area contributed by atoms with Crippen molar-refractivity contribution in [2.45, 2.75) is 116 Å². The van der Waals surface area contributed by atoms with Crippen LogP contribution in [0.3, 0.4) is 0 Å². The number of nitrogens with one attached hydrogen (secondary N) is 1. The Labute approximate surface area is 182 Å². The summed E-state index contributed by atoms with van der Waals surface area (Å²) in [4.78, 5) is 11.6. The first kappa shape index (κ1) is 23.0. The van der Waals surface area contributed by atoms with Gasteiger partial charge in [-0.05, 0) is 68.6 Å². The molecular formula is C26H41NO3. The highest BCUT2D eigenvalue weighted by atomic mass is 16.5. The maximum absolute atomic E-state index is 11.6. The van der Waals surface area contributed by atoms with Crippen LogP contribution in [0.5, 0.6) is 11.5 Å². The Balaban J connectivity index is 1.90. The van der Waals surface area contributed by atoms with Crippen molar-refractivity contribution in [3.8, 4) is 11.5 Å². The van der Waals surface area contributed by atoms with Gasteiger partial charge in [-0.3, -0.25) is 4.79 Å². The highest BCUT2D eigenvalue weighted by Gasteiger charge is 2.48. The fraction of sp³-hybridized carbons (Fsp3) is 0.731. The Morgan fingerprint density at radius 1 is 1.23 bits per heavy atom. The van der Waals surface area contributed by atoms with Gasteiger partial charge in [0, 0.05) is 24.4 Å². The highest BCUT2D eigenvalue weighted by molar-refractivity contribution is 5.73. The van der Waals surface area contributed by atoms with Crippen LogP contribution in [0.2, 0.25) is 0 Å². The minimum absolute atomic E-state index is 0.00408. The Morgan fingerprint density at radius 3 is 2.63 bits per heavy atom. The van der Waals surface area contributed by atoms with Crippen LogP contribution in [0.4, 0.5) is 0 Å². The number of carbonyl (C=O) groups excluding carboxylic acids is 1. The molecule has 0 radical (unpaired) electrons. The zero-order chi connectivity index (χ0) is 22.1. The minimum atomic E-state index is -0.283. The van der Waals surface area contributed by atoms with Crippen molar-refractivity contribution in [2.24, 2.45) is 5.92 Å². The summed E-state index contributed by atoms with van der Waals surface area (Å²) in [5.41, 5.74) is 1.81. The second kappa shape index (κ2) is 8.80. The van der Waals surface area contributed by atoms with E-state index in [4.69, 9.17) is 4.74 Å². The molecule has 3 atom stereocenters. The van der Waals surface area contributed by atoms with E-state index >= 15 is 0 Å². The Morgan fingerprint density at radius 2 is 1.97 bits per heavy atom. The van der Waals surface area contributed by atoms with Crippen LogP contribution in [0.15, 0.2) is 12.1 Å². The first-order valence-electron chi connectivity index (χ1n) is 11.9. The van der Waals surface area contributed by atoms with Gasteiger partial charge in [0.05, 0.1) is 0 Å². The van der Waals surface area contributed by atoms with E-state index in [2.05, 4.69) is 46.0 Å². The SMILES string of the molecule is CCCCCCC(C)(C)c1cc(O)c2c(c1)OC(C)(C)C1CCC(NC(C)=O)CC21. The van der Waals surface area contributed by atoms with Crippen LogP contribution in [0.25, 0.3) is 0 Å². The van der Waals surface area contributed by atoms with Gasteiger partial charge in [0.1, 0.15) is 17.1 Å². The quantitative estimate of drug-likeness (QED) is 0.521. The average Bonchev–Trinajstić information content (AvgIpc) is 2.63. The summed E-state index contributed by atoms with van der Waals surface area (Å²) in [5, 5.41) is 14.2. The lowest BCUT2D eigenvalue weighted by molar-refractivity contribution is -0.120. The fourth-order valence-corrected chi connectivity index (χ4v) is 5.70. The molecule has 0 aromatic heterocycles. The number of fused-ring (bicyclic) bond motifs is 3. The van der Waals surface area contributed by atoms with E-state index in [1.54, 1.807) is 6.92 Å². The van der Waals surface area contributed by atoms with Crippen LogP contribution in [0, 0.1) is 5.92 Å². The molecule has 3 rings (SSSR count). The Kier molecular flexibility index (Phi) is 6.74. The summed E-state index contributed by atoms with van der Waals surface area (Å²) in [5.74, 6) is 1.76. The van der Waals surface area contributed by atoms with Gasteiger partial charge in [-0.2, -0.15) is 0 Å². The number of ether oxygens (including phenoxy) is 1. The first-order chi connectivity index (χ1) is 14.0. The number of amides is 1. The molecule has 3 unspecified atom stereocenters. The number of carbonyl (C=O) groups is 1. The number of phenolic OH excluding ortho intramolecular Hbond substituents is 1. The molecule has 1 heterocycles. The maximum atomic E-state index is 11.6. The zero-order valence-electron chi connectivity index (χ0n) is 19.8. The maximum Gasteiger partial charge on any atom is 0.217 e. The summed E-state index contributed by atoms with van der Waals surface area (Å²) in [6.07, 6.45) is 8.90. The zero-order valence-corrected chi connectivity index (χ0v) is 19.8. The third kappa shape index (κ3) is 4.78. The number of hydrogen-bond acceptors (Lipinski definition) is 3. The topological polar surface area (TPSA) is 58.6 Å². The van der Waals surface area contributed by atoms with Crippen LogP contribution >= 0.6 is 0 Å². The molecule has 1 aromatic rings. The highest BCUT2D eigenvalue weighted by Crippen LogP contribution is 2.55. The van der Waals surface area contributed by atoms with E-state index in [0.29, 0.717) is 11.7 Å². The van der Waals surface area contributed by atoms with Gasteiger partial charge in [0.2, 0.25) is 5.91 Å². The van der Waals surface area contributed by atoms with Gasteiger partial charge < -0.3 is 15.2 Å². The molecule has 30 heavy (non-hydrogen) atoms. The molecule has 168 valence electrons. The lowest BCUT2D eigenvalue weighted by atomic mass is 9.65. The summed E-state index contributed by atoms with van der Waals surface area (Å²) in [7, 11) is 0. The van der Waals surface area contributed by atoms with Crippen molar-refractivity contribution in [3.63, 3.8) is 0 Å². The molecular weight excluding hydrogens is 374 g/mol.